The number of hydrogen-bond acceptors (Lipinski definition) is 5. The molecule has 122 valence electrons. The number of benzene rings is 1. The molecule has 1 unspecified atom stereocenters. The summed E-state index contributed by atoms with van der Waals surface area (Å²) in [4.78, 5) is 22.2. The van der Waals surface area contributed by atoms with Gasteiger partial charge in [0, 0.05) is 24.7 Å². The Kier molecular flexibility index (Phi) is 5.87. The van der Waals surface area contributed by atoms with Crippen LogP contribution in [0.3, 0.4) is 0 Å². The predicted octanol–water partition coefficient (Wildman–Crippen LogP) is 2.30. The molecule has 0 spiro atoms. The van der Waals surface area contributed by atoms with Crippen molar-refractivity contribution in [3.8, 4) is 0 Å². The van der Waals surface area contributed by atoms with Crippen molar-refractivity contribution < 1.29 is 14.5 Å². The molecule has 7 heteroatoms. The van der Waals surface area contributed by atoms with Gasteiger partial charge in [-0.1, -0.05) is 6.07 Å². The number of nitrogens with one attached hydrogen (secondary N) is 1. The maximum absolute atomic E-state index is 11.8. The molecule has 0 radical (unpaired) electrons. The molecule has 0 aliphatic rings. The van der Waals surface area contributed by atoms with Gasteiger partial charge >= 0.3 is 6.09 Å². The minimum Gasteiger partial charge on any atom is -0.444 e. The van der Waals surface area contributed by atoms with Crippen molar-refractivity contribution in [2.24, 2.45) is 5.73 Å². The van der Waals surface area contributed by atoms with Crippen molar-refractivity contribution in [2.45, 2.75) is 45.8 Å². The van der Waals surface area contributed by atoms with Gasteiger partial charge < -0.3 is 15.8 Å². The van der Waals surface area contributed by atoms with Crippen molar-refractivity contribution in [1.82, 2.24) is 5.32 Å². The van der Waals surface area contributed by atoms with Gasteiger partial charge in [0.2, 0.25) is 0 Å². The van der Waals surface area contributed by atoms with Gasteiger partial charge in [-0.05, 0) is 45.2 Å². The minimum absolute atomic E-state index is 0.0219. The molecule has 1 aromatic carbocycles. The average Bonchev–Trinajstić information content (AvgIpc) is 2.37. The van der Waals surface area contributed by atoms with Crippen molar-refractivity contribution in [3.05, 3.63) is 39.4 Å². The topological polar surface area (TPSA) is 107 Å². The molecule has 1 atom stereocenters. The van der Waals surface area contributed by atoms with Crippen LogP contribution in [0.2, 0.25) is 0 Å². The van der Waals surface area contributed by atoms with Gasteiger partial charge in [-0.15, -0.1) is 0 Å². The molecule has 0 fully saturated rings. The van der Waals surface area contributed by atoms with Crippen LogP contribution in [0.25, 0.3) is 0 Å². The van der Waals surface area contributed by atoms with Gasteiger partial charge in [0.15, 0.2) is 0 Å². The van der Waals surface area contributed by atoms with Crippen LogP contribution in [0.1, 0.15) is 31.9 Å². The molecular formula is C15H23N3O4. The summed E-state index contributed by atoms with van der Waals surface area (Å²) >= 11 is 0. The van der Waals surface area contributed by atoms with E-state index in [1.165, 1.54) is 12.1 Å². The second kappa shape index (κ2) is 7.22. The number of hydrogen-bond donors (Lipinski definition) is 2. The molecule has 7 nitrogen and oxygen atoms in total. The highest BCUT2D eigenvalue weighted by atomic mass is 16.6. The molecular weight excluding hydrogens is 286 g/mol. The zero-order chi connectivity index (χ0) is 16.9. The normalized spacial score (nSPS) is 12.6. The number of nitrogens with zero attached hydrogens (tertiary/aromatic N) is 1. The van der Waals surface area contributed by atoms with E-state index < -0.39 is 16.6 Å². The van der Waals surface area contributed by atoms with Crippen LogP contribution < -0.4 is 11.1 Å². The average molecular weight is 309 g/mol. The Morgan fingerprint density at radius 1 is 1.45 bits per heavy atom. The van der Waals surface area contributed by atoms with Crippen LogP contribution in [0.4, 0.5) is 10.5 Å². The van der Waals surface area contributed by atoms with Gasteiger partial charge in [-0.2, -0.15) is 0 Å². The summed E-state index contributed by atoms with van der Waals surface area (Å²) in [5.41, 5.74) is 6.80. The number of non-ortho nitro benzene ring substituents is 1. The predicted molar refractivity (Wildman–Crippen MR) is 83.7 cm³/mol. The van der Waals surface area contributed by atoms with Crippen LogP contribution in [0.5, 0.6) is 0 Å². The lowest BCUT2D eigenvalue weighted by Gasteiger charge is -2.23. The van der Waals surface area contributed by atoms with E-state index in [1.807, 2.05) is 6.92 Å². The Balaban J connectivity index is 2.80. The van der Waals surface area contributed by atoms with Gasteiger partial charge in [-0.3, -0.25) is 10.1 Å². The molecule has 3 N–H and O–H groups in total. The summed E-state index contributed by atoms with van der Waals surface area (Å²) in [5.74, 6) is 0. The molecule has 22 heavy (non-hydrogen) atoms. The quantitative estimate of drug-likeness (QED) is 0.641. The third-order valence-electron chi connectivity index (χ3n) is 3.02. The van der Waals surface area contributed by atoms with Crippen LogP contribution in [0.15, 0.2) is 18.2 Å². The van der Waals surface area contributed by atoms with E-state index in [2.05, 4.69) is 5.32 Å². The smallest absolute Gasteiger partial charge is 0.407 e. The number of carbonyl (C=O) groups is 1. The molecule has 1 aromatic rings. The molecule has 1 rings (SSSR count). The number of rotatable bonds is 5. The van der Waals surface area contributed by atoms with E-state index in [0.717, 1.165) is 11.1 Å². The molecule has 0 aliphatic heterocycles. The second-order valence-electron chi connectivity index (χ2n) is 6.15. The van der Waals surface area contributed by atoms with E-state index in [0.29, 0.717) is 6.42 Å². The summed E-state index contributed by atoms with van der Waals surface area (Å²) in [6, 6.07) is 4.30. The number of nitrogens with two attached hydrogens (primary N) is 1. The molecule has 1 amide bonds. The SMILES string of the molecule is Cc1ccc([N+](=O)[O-])cc1CC(CN)NC(=O)OC(C)(C)C. The van der Waals surface area contributed by atoms with E-state index >= 15 is 0 Å². The van der Waals surface area contributed by atoms with E-state index in [-0.39, 0.29) is 18.3 Å². The number of alkyl carbamates (subject to hydrolysis) is 1. The second-order valence-corrected chi connectivity index (χ2v) is 6.15. The Morgan fingerprint density at radius 3 is 2.59 bits per heavy atom. The largest absolute Gasteiger partial charge is 0.444 e. The first kappa shape index (κ1) is 17.9. The lowest BCUT2D eigenvalue weighted by atomic mass is 10.0. The van der Waals surface area contributed by atoms with E-state index in [1.54, 1.807) is 26.8 Å². The molecule has 0 heterocycles. The van der Waals surface area contributed by atoms with Crippen LogP contribution in [-0.4, -0.2) is 29.2 Å². The number of ether oxygens (including phenoxy) is 1. The van der Waals surface area contributed by atoms with E-state index in [9.17, 15) is 14.9 Å². The monoisotopic (exact) mass is 309 g/mol. The summed E-state index contributed by atoms with van der Waals surface area (Å²) in [7, 11) is 0. The fourth-order valence-electron chi connectivity index (χ4n) is 1.92. The van der Waals surface area contributed by atoms with Crippen molar-refractivity contribution in [3.63, 3.8) is 0 Å². The lowest BCUT2D eigenvalue weighted by molar-refractivity contribution is -0.384. The molecule has 0 aliphatic carbocycles. The lowest BCUT2D eigenvalue weighted by Crippen LogP contribution is -2.44. The highest BCUT2D eigenvalue weighted by Crippen LogP contribution is 2.18. The number of nitro groups is 1. The first-order valence-corrected chi connectivity index (χ1v) is 7.06. The van der Waals surface area contributed by atoms with Crippen LogP contribution in [0, 0.1) is 17.0 Å². The Morgan fingerprint density at radius 2 is 2.09 bits per heavy atom. The van der Waals surface area contributed by atoms with Gasteiger partial charge in [0.25, 0.3) is 5.69 Å². The zero-order valence-electron chi connectivity index (χ0n) is 13.4. The van der Waals surface area contributed by atoms with Crippen molar-refractivity contribution in [2.75, 3.05) is 6.54 Å². The number of amides is 1. The third kappa shape index (κ3) is 5.69. The minimum atomic E-state index is -0.593. The Bertz CT molecular complexity index is 552. The first-order valence-electron chi connectivity index (χ1n) is 7.06. The zero-order valence-corrected chi connectivity index (χ0v) is 13.4. The molecule has 0 saturated heterocycles. The summed E-state index contributed by atoms with van der Waals surface area (Å²) in [5, 5.41) is 13.5. The van der Waals surface area contributed by atoms with Crippen LogP contribution in [-0.2, 0) is 11.2 Å². The van der Waals surface area contributed by atoms with Crippen LogP contribution >= 0.6 is 0 Å². The van der Waals surface area contributed by atoms with Gasteiger partial charge in [-0.25, -0.2) is 4.79 Å². The Hall–Kier alpha value is -2.15. The van der Waals surface area contributed by atoms with Gasteiger partial charge in [0.05, 0.1) is 4.92 Å². The standard InChI is InChI=1S/C15H23N3O4/c1-10-5-6-13(18(20)21)8-11(10)7-12(9-16)17-14(19)22-15(2,3)4/h5-6,8,12H,7,9,16H2,1-4H3,(H,17,19). The highest BCUT2D eigenvalue weighted by molar-refractivity contribution is 5.68. The van der Waals surface area contributed by atoms with E-state index in [4.69, 9.17) is 10.5 Å². The number of aryl methyl sites for hydroxylation is 1. The van der Waals surface area contributed by atoms with Gasteiger partial charge in [0.1, 0.15) is 5.60 Å². The maximum Gasteiger partial charge on any atom is 0.407 e. The fraction of sp³-hybridized carbons (Fsp3) is 0.533. The maximum atomic E-state index is 11.8. The summed E-state index contributed by atoms with van der Waals surface area (Å²) in [6.07, 6.45) is -0.144. The van der Waals surface area contributed by atoms with Crippen molar-refractivity contribution in [1.29, 1.82) is 0 Å². The fourth-order valence-corrected chi connectivity index (χ4v) is 1.92. The summed E-state index contributed by atoms with van der Waals surface area (Å²) < 4.78 is 5.19. The highest BCUT2D eigenvalue weighted by Gasteiger charge is 2.20. The van der Waals surface area contributed by atoms with Crippen molar-refractivity contribution >= 4 is 11.8 Å². The first-order chi connectivity index (χ1) is 10.1. The Labute approximate surface area is 130 Å². The number of nitro benzene ring substituents is 1. The number of carbonyl (C=O) groups excluding carboxylic acids is 1. The summed E-state index contributed by atoms with van der Waals surface area (Å²) in [6.45, 7) is 7.39. The molecule has 0 aromatic heterocycles. The molecule has 0 saturated carbocycles. The molecule has 0 bridgehead atoms. The third-order valence-corrected chi connectivity index (χ3v) is 3.02.